The van der Waals surface area contributed by atoms with E-state index in [9.17, 15) is 37.5 Å². The van der Waals surface area contributed by atoms with Crippen LogP contribution >= 0.6 is 0 Å². The van der Waals surface area contributed by atoms with Crippen LogP contribution in [0.3, 0.4) is 0 Å². The highest BCUT2D eigenvalue weighted by atomic mass is 32.2. The molecule has 3 amide bonds. The summed E-state index contributed by atoms with van der Waals surface area (Å²) in [5.41, 5.74) is 2.35. The van der Waals surface area contributed by atoms with Gasteiger partial charge in [-0.2, -0.15) is 8.42 Å². The quantitative estimate of drug-likeness (QED) is 0.0386. The summed E-state index contributed by atoms with van der Waals surface area (Å²) in [4.78, 5) is 66.9. The van der Waals surface area contributed by atoms with Crippen LogP contribution in [0.4, 0.5) is 9.59 Å². The molecule has 4 fully saturated rings. The van der Waals surface area contributed by atoms with Gasteiger partial charge in [-0.05, 0) is 61.3 Å². The molecule has 7 rings (SSSR count). The zero-order chi connectivity index (χ0) is 61.7. The lowest BCUT2D eigenvalue weighted by molar-refractivity contribution is -0.319. The number of carbonyl (C=O) groups is 5. The number of aliphatic hydroxyl groups excluding tert-OH is 1. The van der Waals surface area contributed by atoms with E-state index in [1.54, 1.807) is 50.2 Å². The minimum absolute atomic E-state index is 0.0132. The number of nitrogens with one attached hydrogen (secondary N) is 3. The normalized spacial score (nSPS) is 32.5. The minimum atomic E-state index is -4.41. The third-order valence-corrected chi connectivity index (χ3v) is 18.2. The van der Waals surface area contributed by atoms with Crippen LogP contribution in [0.15, 0.2) is 89.8 Å². The Balaban J connectivity index is 1.22. The predicted octanol–water partition coefficient (Wildman–Crippen LogP) is 7.39. The van der Waals surface area contributed by atoms with E-state index in [4.69, 9.17) is 51.6 Å². The zero-order valence-corrected chi connectivity index (χ0v) is 51.3. The van der Waals surface area contributed by atoms with Gasteiger partial charge in [0.15, 0.2) is 25.0 Å². The molecule has 4 N–H and O–H groups in total. The number of aliphatic hydroxyl groups is 1. The van der Waals surface area contributed by atoms with E-state index in [1.807, 2.05) is 77.9 Å². The molecule has 22 nitrogen and oxygen atoms in total. The first-order valence-electron chi connectivity index (χ1n) is 29.6. The third-order valence-electron chi connectivity index (χ3n) is 16.9. The third kappa shape index (κ3) is 17.7. The molecule has 470 valence electrons. The second-order valence-corrected chi connectivity index (χ2v) is 24.7. The van der Waals surface area contributed by atoms with Crippen molar-refractivity contribution in [3.05, 3.63) is 102 Å². The molecular formula is C62H87N3O19S. The van der Waals surface area contributed by atoms with Crippen molar-refractivity contribution in [3.8, 4) is 0 Å². The van der Waals surface area contributed by atoms with E-state index in [2.05, 4.69) is 22.9 Å². The Kier molecular flexibility index (Phi) is 24.1. The lowest BCUT2D eigenvalue weighted by atomic mass is 9.77. The maximum absolute atomic E-state index is 14.1. The minimum Gasteiger partial charge on any atom is -0.459 e. The molecule has 1 saturated carbocycles. The fourth-order valence-corrected chi connectivity index (χ4v) is 12.4. The highest BCUT2D eigenvalue weighted by molar-refractivity contribution is 7.86. The summed E-state index contributed by atoms with van der Waals surface area (Å²) < 4.78 is 96.5. The number of rotatable bonds is 24. The van der Waals surface area contributed by atoms with E-state index in [1.165, 1.54) is 19.1 Å². The maximum atomic E-state index is 14.1. The van der Waals surface area contributed by atoms with Gasteiger partial charge in [-0.15, -0.1) is 0 Å². The maximum Gasteiger partial charge on any atom is 0.407 e. The first kappa shape index (κ1) is 66.8. The first-order valence-corrected chi connectivity index (χ1v) is 31.0. The van der Waals surface area contributed by atoms with Gasteiger partial charge in [-0.3, -0.25) is 18.6 Å². The number of alkyl carbamates (subject to hydrolysis) is 2. The highest BCUT2D eigenvalue weighted by Crippen LogP contribution is 2.42. The molecule has 3 saturated heterocycles. The van der Waals surface area contributed by atoms with Crippen molar-refractivity contribution in [2.45, 2.75) is 206 Å². The molecule has 0 radical (unpaired) electrons. The van der Waals surface area contributed by atoms with Crippen LogP contribution < -0.4 is 16.0 Å². The largest absolute Gasteiger partial charge is 0.459 e. The molecule has 0 spiro atoms. The molecule has 0 aromatic heterocycles. The standard InChI is InChI=1S/C62H87N3O19S/c1-12-20-35(4)57(69)64-46-29-47(65-62(71)75-32-44-23-18-15-19-24-44)54(83-59-40(9)52(77-41(10)66)51(68)50(81-59)33-76-85(72,73)45-27-25-34(3)26-28-45)53(39(46)8)82-60-56(78-42(11)67)55(48(13-2)79-60)84-58-38(7)36(5)37(6)49(80-58)30-63-61(70)74-31-43-21-16-14-17-22-43/h14-19,21-28,35-40,46-56,58-60,68H,12-13,20,29-33H2,1-11H3,(H,63,70)(H,64,69)(H,65,71)/t35-,36-,37-,38+,39-,40+,46+,47-,48+,49-,50+,51+,52+,53+,54+,55+,56+,58+,59+,60-/m0/s1. The van der Waals surface area contributed by atoms with Crippen LogP contribution in [0.2, 0.25) is 0 Å². The summed E-state index contributed by atoms with van der Waals surface area (Å²) >= 11 is 0. The van der Waals surface area contributed by atoms with Gasteiger partial charge >= 0.3 is 24.1 Å². The summed E-state index contributed by atoms with van der Waals surface area (Å²) in [7, 11) is -4.41. The monoisotopic (exact) mass is 1210 g/mol. The number of esters is 2. The van der Waals surface area contributed by atoms with E-state index >= 15 is 0 Å². The van der Waals surface area contributed by atoms with Gasteiger partial charge in [0.05, 0.1) is 35.9 Å². The summed E-state index contributed by atoms with van der Waals surface area (Å²) in [5.74, 6) is -3.97. The smallest absolute Gasteiger partial charge is 0.407 e. The second-order valence-electron chi connectivity index (χ2n) is 23.1. The van der Waals surface area contributed by atoms with Crippen LogP contribution in [0.25, 0.3) is 0 Å². The van der Waals surface area contributed by atoms with Gasteiger partial charge in [0.25, 0.3) is 10.1 Å². The van der Waals surface area contributed by atoms with Crippen LogP contribution in [0.5, 0.6) is 0 Å². The molecule has 3 heterocycles. The van der Waals surface area contributed by atoms with E-state index in [-0.39, 0.29) is 54.7 Å². The van der Waals surface area contributed by atoms with E-state index in [0.29, 0.717) is 18.4 Å². The average molecular weight is 1210 g/mol. The van der Waals surface area contributed by atoms with Crippen LogP contribution in [-0.2, 0) is 89.3 Å². The number of amides is 3. The SMILES string of the molecule is CCC[C@H](C)C(=O)N[C@@H]1C[C@H](NC(=O)OCc2ccccc2)[C@@H](O[C@H]2O[C@H](COS(=O)(=O)c3ccc(C)cc3)[C@@H](O)[C@H](OC(C)=O)[C@H]2C)[C@H](O[C@@H]2O[C@H](CC)[C@@H](O[C@H]3O[C@@H](CNC(=O)OCc4ccccc4)[C@@H](C)[C@H](C)[C@H]3C)[C@H]2OC(C)=O)[C@H]1C. The lowest BCUT2D eigenvalue weighted by Crippen LogP contribution is -2.66. The number of carbonyl (C=O) groups excluding carboxylic acids is 5. The second kappa shape index (κ2) is 30.7. The summed E-state index contributed by atoms with van der Waals surface area (Å²) in [6.45, 7) is 18.8. The Hall–Kier alpha value is -5.76. The zero-order valence-electron chi connectivity index (χ0n) is 50.5. The molecule has 20 atom stereocenters. The van der Waals surface area contributed by atoms with Crippen molar-refractivity contribution in [1.29, 1.82) is 0 Å². The van der Waals surface area contributed by atoms with Crippen LogP contribution in [0, 0.1) is 42.4 Å². The molecule has 85 heavy (non-hydrogen) atoms. The molecule has 4 aliphatic rings. The van der Waals surface area contributed by atoms with Gasteiger partial charge < -0.3 is 68.4 Å². The van der Waals surface area contributed by atoms with Gasteiger partial charge in [0.1, 0.15) is 43.7 Å². The molecular weight excluding hydrogens is 1120 g/mol. The Morgan fingerprint density at radius 1 is 0.612 bits per heavy atom. The molecule has 1 aliphatic carbocycles. The Bertz CT molecular complexity index is 2760. The van der Waals surface area contributed by atoms with Gasteiger partial charge in [0.2, 0.25) is 5.91 Å². The summed E-state index contributed by atoms with van der Waals surface area (Å²) in [6, 6.07) is 22.5. The Labute approximate surface area is 499 Å². The lowest BCUT2D eigenvalue weighted by Gasteiger charge is -2.49. The molecule has 0 bridgehead atoms. The summed E-state index contributed by atoms with van der Waals surface area (Å²) in [6.07, 6.45) is -13.9. The van der Waals surface area contributed by atoms with Crippen molar-refractivity contribution >= 4 is 40.2 Å². The number of aryl methyl sites for hydroxylation is 1. The molecule has 3 aromatic rings. The van der Waals surface area contributed by atoms with Crippen molar-refractivity contribution in [1.82, 2.24) is 16.0 Å². The highest BCUT2D eigenvalue weighted by Gasteiger charge is 2.56. The number of ether oxygens (including phenoxy) is 10. The van der Waals surface area contributed by atoms with Gasteiger partial charge in [-0.25, -0.2) is 9.59 Å². The Morgan fingerprint density at radius 2 is 1.16 bits per heavy atom. The predicted molar refractivity (Wildman–Crippen MR) is 307 cm³/mol. The number of hydrogen-bond donors (Lipinski definition) is 4. The van der Waals surface area contributed by atoms with Crippen molar-refractivity contribution < 1.29 is 89.0 Å². The van der Waals surface area contributed by atoms with Crippen molar-refractivity contribution in [2.75, 3.05) is 13.2 Å². The van der Waals surface area contributed by atoms with E-state index < -0.39 is 144 Å². The Morgan fingerprint density at radius 3 is 1.76 bits per heavy atom. The van der Waals surface area contributed by atoms with Crippen molar-refractivity contribution in [3.63, 3.8) is 0 Å². The van der Waals surface area contributed by atoms with Gasteiger partial charge in [0, 0.05) is 50.1 Å². The number of hydrogen-bond acceptors (Lipinski definition) is 19. The molecule has 23 heteroatoms. The van der Waals surface area contributed by atoms with Crippen molar-refractivity contribution in [2.24, 2.45) is 35.5 Å². The topological polar surface area (TPSA) is 277 Å². The molecule has 3 aliphatic heterocycles. The number of benzene rings is 3. The fourth-order valence-electron chi connectivity index (χ4n) is 11.4. The van der Waals surface area contributed by atoms with Gasteiger partial charge in [-0.1, -0.05) is 140 Å². The summed E-state index contributed by atoms with van der Waals surface area (Å²) in [5, 5.41) is 20.8. The molecule has 0 unspecified atom stereocenters. The molecule has 3 aromatic carbocycles. The van der Waals surface area contributed by atoms with E-state index in [0.717, 1.165) is 24.5 Å². The average Bonchev–Trinajstić information content (AvgIpc) is 2.57. The van der Waals surface area contributed by atoms with Crippen LogP contribution in [-0.4, -0.2) is 143 Å². The van der Waals surface area contributed by atoms with Crippen LogP contribution in [0.1, 0.15) is 112 Å². The fraction of sp³-hybridized carbons (Fsp3) is 0.629. The first-order chi connectivity index (χ1) is 40.5.